The van der Waals surface area contributed by atoms with Gasteiger partial charge in [0.25, 0.3) is 0 Å². The van der Waals surface area contributed by atoms with Crippen molar-refractivity contribution < 1.29 is 28.5 Å². The van der Waals surface area contributed by atoms with E-state index in [1.807, 2.05) is 0 Å². The van der Waals surface area contributed by atoms with Crippen LogP contribution in [0.2, 0.25) is 0 Å². The van der Waals surface area contributed by atoms with E-state index in [-0.39, 0.29) is 24.1 Å². The summed E-state index contributed by atoms with van der Waals surface area (Å²) in [5.41, 5.74) is 0. The van der Waals surface area contributed by atoms with Crippen LogP contribution in [0.3, 0.4) is 0 Å². The molecule has 0 amide bonds. The normalized spacial score (nSPS) is 17.2. The fraction of sp³-hybridized carbons (Fsp3) is 0.870. The van der Waals surface area contributed by atoms with Crippen LogP contribution in [0, 0.1) is 0 Å². The van der Waals surface area contributed by atoms with E-state index in [2.05, 4.69) is 38.2 Å². The molecule has 6 heteroatoms. The number of carbonyl (C=O) groups excluding carboxylic acids is 2. The standard InChI is InChI=1S/2C23H42O3/c2*1-2-3-4-5-6-7-8-9-10-11-12-13-14-15-16-19-23(24)26-21-22-18-17-20-25-22/h2*9-10,22H,2-8,11-21H2,1H3/b2*10-9-. The monoisotopic (exact) mass is 733 g/mol. The van der Waals surface area contributed by atoms with Crippen LogP contribution < -0.4 is 0 Å². The second kappa shape index (κ2) is 39.0. The second-order valence-electron chi connectivity index (χ2n) is 15.3. The summed E-state index contributed by atoms with van der Waals surface area (Å²) in [5, 5.41) is 0. The summed E-state index contributed by atoms with van der Waals surface area (Å²) in [5.74, 6) is -0.115. The van der Waals surface area contributed by atoms with Crippen LogP contribution in [0.15, 0.2) is 24.3 Å². The van der Waals surface area contributed by atoms with Crippen molar-refractivity contribution in [2.24, 2.45) is 0 Å². The maximum absolute atomic E-state index is 11.6. The molecule has 0 bridgehead atoms. The van der Waals surface area contributed by atoms with Crippen molar-refractivity contribution in [3.05, 3.63) is 24.3 Å². The lowest BCUT2D eigenvalue weighted by atomic mass is 10.1. The Morgan fingerprint density at radius 1 is 0.462 bits per heavy atom. The molecule has 2 atom stereocenters. The minimum absolute atomic E-state index is 0.0573. The van der Waals surface area contributed by atoms with Crippen molar-refractivity contribution in [1.82, 2.24) is 0 Å². The lowest BCUT2D eigenvalue weighted by Gasteiger charge is -2.09. The maximum atomic E-state index is 11.6. The van der Waals surface area contributed by atoms with Gasteiger partial charge in [0.15, 0.2) is 0 Å². The third kappa shape index (κ3) is 34.1. The van der Waals surface area contributed by atoms with Crippen LogP contribution in [0.4, 0.5) is 0 Å². The first-order chi connectivity index (χ1) is 25.7. The van der Waals surface area contributed by atoms with Crippen LogP contribution in [0.25, 0.3) is 0 Å². The number of esters is 2. The molecule has 2 saturated heterocycles. The summed E-state index contributed by atoms with van der Waals surface area (Å²) in [6.45, 7) is 7.07. The number of ether oxygens (including phenoxy) is 4. The molecule has 2 heterocycles. The van der Waals surface area contributed by atoms with E-state index in [1.54, 1.807) is 0 Å². The zero-order valence-electron chi connectivity index (χ0n) is 34.4. The zero-order valence-corrected chi connectivity index (χ0v) is 34.4. The Labute approximate surface area is 322 Å². The first-order valence-electron chi connectivity index (χ1n) is 22.5. The minimum Gasteiger partial charge on any atom is -0.463 e. The Hall–Kier alpha value is -1.66. The Morgan fingerprint density at radius 3 is 1.08 bits per heavy atom. The van der Waals surface area contributed by atoms with Crippen molar-refractivity contribution in [2.45, 2.75) is 232 Å². The number of hydrogen-bond donors (Lipinski definition) is 0. The fourth-order valence-corrected chi connectivity index (χ4v) is 6.75. The maximum Gasteiger partial charge on any atom is 0.305 e. The Bertz CT molecular complexity index is 759. The highest BCUT2D eigenvalue weighted by Crippen LogP contribution is 2.15. The number of allylic oxidation sites excluding steroid dienone is 4. The van der Waals surface area contributed by atoms with Crippen molar-refractivity contribution in [1.29, 1.82) is 0 Å². The Kier molecular flexibility index (Phi) is 36.3. The summed E-state index contributed by atoms with van der Waals surface area (Å²) in [7, 11) is 0. The van der Waals surface area contributed by atoms with Crippen LogP contribution in [-0.2, 0) is 28.5 Å². The van der Waals surface area contributed by atoms with E-state index < -0.39 is 0 Å². The van der Waals surface area contributed by atoms with Crippen LogP contribution in [-0.4, -0.2) is 50.6 Å². The van der Waals surface area contributed by atoms with Gasteiger partial charge < -0.3 is 18.9 Å². The molecular weight excluding hydrogens is 649 g/mol. The topological polar surface area (TPSA) is 71.1 Å². The summed E-state index contributed by atoms with van der Waals surface area (Å²) in [4.78, 5) is 23.3. The summed E-state index contributed by atoms with van der Waals surface area (Å²) in [6, 6.07) is 0. The van der Waals surface area contributed by atoms with E-state index in [1.165, 1.54) is 141 Å². The largest absolute Gasteiger partial charge is 0.463 e. The molecule has 0 aliphatic carbocycles. The van der Waals surface area contributed by atoms with Crippen molar-refractivity contribution in [2.75, 3.05) is 26.4 Å². The SMILES string of the molecule is CCCCCCCC/C=C\CCCCCCCC(=O)OCC1CCCO1.CCCCCCCC/C=C\CCCCCCCC(=O)OCC1CCCO1. The van der Waals surface area contributed by atoms with Gasteiger partial charge in [-0.2, -0.15) is 0 Å². The highest BCUT2D eigenvalue weighted by atomic mass is 16.6. The van der Waals surface area contributed by atoms with Gasteiger partial charge in [-0.15, -0.1) is 0 Å². The van der Waals surface area contributed by atoms with Gasteiger partial charge in [0, 0.05) is 26.1 Å². The molecule has 2 rings (SSSR count). The van der Waals surface area contributed by atoms with E-state index in [0.717, 1.165) is 64.6 Å². The average Bonchev–Trinajstić information content (AvgIpc) is 3.89. The summed E-state index contributed by atoms with van der Waals surface area (Å²) < 4.78 is 21.4. The van der Waals surface area contributed by atoms with Crippen LogP contribution >= 0.6 is 0 Å². The molecule has 2 aliphatic heterocycles. The molecule has 52 heavy (non-hydrogen) atoms. The number of carbonyl (C=O) groups is 2. The fourth-order valence-electron chi connectivity index (χ4n) is 6.75. The van der Waals surface area contributed by atoms with Gasteiger partial charge in [-0.3, -0.25) is 9.59 Å². The van der Waals surface area contributed by atoms with Crippen LogP contribution in [0.1, 0.15) is 219 Å². The van der Waals surface area contributed by atoms with E-state index in [4.69, 9.17) is 18.9 Å². The molecule has 0 aromatic heterocycles. The van der Waals surface area contributed by atoms with E-state index in [0.29, 0.717) is 26.1 Å². The quantitative estimate of drug-likeness (QED) is 0.0373. The van der Waals surface area contributed by atoms with Crippen LogP contribution in [0.5, 0.6) is 0 Å². The highest BCUT2D eigenvalue weighted by Gasteiger charge is 2.18. The van der Waals surface area contributed by atoms with E-state index >= 15 is 0 Å². The molecule has 304 valence electrons. The first kappa shape index (κ1) is 48.4. The first-order valence-corrected chi connectivity index (χ1v) is 22.5. The lowest BCUT2D eigenvalue weighted by Crippen LogP contribution is -2.17. The van der Waals surface area contributed by atoms with Crippen molar-refractivity contribution >= 4 is 11.9 Å². The van der Waals surface area contributed by atoms with Gasteiger partial charge in [-0.05, 0) is 89.9 Å². The lowest BCUT2D eigenvalue weighted by molar-refractivity contribution is -0.147. The number of rotatable bonds is 34. The average molecular weight is 733 g/mol. The van der Waals surface area contributed by atoms with Gasteiger partial charge in [0.1, 0.15) is 13.2 Å². The summed E-state index contributed by atoms with van der Waals surface area (Å²) >= 11 is 0. The number of unbranched alkanes of at least 4 members (excludes halogenated alkanes) is 22. The Morgan fingerprint density at radius 2 is 0.769 bits per heavy atom. The van der Waals surface area contributed by atoms with Gasteiger partial charge >= 0.3 is 11.9 Å². The zero-order chi connectivity index (χ0) is 37.4. The molecule has 0 aromatic rings. The molecule has 2 unspecified atom stereocenters. The number of hydrogen-bond acceptors (Lipinski definition) is 6. The summed E-state index contributed by atoms with van der Waals surface area (Å²) in [6.07, 6.45) is 48.3. The van der Waals surface area contributed by atoms with Crippen molar-refractivity contribution in [3.8, 4) is 0 Å². The highest BCUT2D eigenvalue weighted by molar-refractivity contribution is 5.69. The molecule has 2 aliphatic rings. The van der Waals surface area contributed by atoms with Crippen molar-refractivity contribution in [3.63, 3.8) is 0 Å². The molecule has 0 aromatic carbocycles. The predicted octanol–water partition coefficient (Wildman–Crippen LogP) is 13.5. The Balaban J connectivity index is 0.000000520. The molecular formula is C46H84O6. The van der Waals surface area contributed by atoms with Gasteiger partial charge in [0.2, 0.25) is 0 Å². The van der Waals surface area contributed by atoms with Gasteiger partial charge in [0.05, 0.1) is 12.2 Å². The molecule has 0 saturated carbocycles. The molecule has 0 radical (unpaired) electrons. The molecule has 0 N–H and O–H groups in total. The molecule has 6 nitrogen and oxygen atoms in total. The second-order valence-corrected chi connectivity index (χ2v) is 15.3. The smallest absolute Gasteiger partial charge is 0.305 e. The third-order valence-electron chi connectivity index (χ3n) is 10.2. The minimum atomic E-state index is -0.0573. The third-order valence-corrected chi connectivity index (χ3v) is 10.2. The molecule has 2 fully saturated rings. The van der Waals surface area contributed by atoms with E-state index in [9.17, 15) is 9.59 Å². The molecule has 0 spiro atoms. The van der Waals surface area contributed by atoms with Gasteiger partial charge in [-0.1, -0.05) is 141 Å². The van der Waals surface area contributed by atoms with Gasteiger partial charge in [-0.25, -0.2) is 0 Å². The predicted molar refractivity (Wildman–Crippen MR) is 219 cm³/mol.